The number of hydrogen-bond donors (Lipinski definition) is 2. The van der Waals surface area contributed by atoms with Crippen LogP contribution in [-0.2, 0) is 17.9 Å². The molecule has 1 heterocycles. The molecule has 150 valence electrons. The number of thioether (sulfide) groups is 1. The highest BCUT2D eigenvalue weighted by Gasteiger charge is 2.24. The molecule has 0 spiro atoms. The molecule has 1 aromatic heterocycles. The van der Waals surface area contributed by atoms with E-state index in [2.05, 4.69) is 4.98 Å². The van der Waals surface area contributed by atoms with E-state index in [-0.39, 0.29) is 36.3 Å². The number of nitrogens with one attached hydrogen (secondary N) is 1. The molecule has 0 saturated heterocycles. The van der Waals surface area contributed by atoms with E-state index in [1.165, 1.54) is 21.2 Å². The Hall–Kier alpha value is -3.26. The van der Waals surface area contributed by atoms with Crippen molar-refractivity contribution in [2.24, 2.45) is 0 Å². The number of benzene rings is 2. The van der Waals surface area contributed by atoms with Crippen LogP contribution in [-0.4, -0.2) is 27.5 Å². The van der Waals surface area contributed by atoms with E-state index in [4.69, 9.17) is 5.73 Å². The molecule has 0 aliphatic heterocycles. The van der Waals surface area contributed by atoms with E-state index >= 15 is 0 Å². The molecule has 0 aliphatic rings. The molecule has 0 unspecified atom stereocenters. The molecule has 7 nitrogen and oxygen atoms in total. The molecular weight excluding hydrogens is 388 g/mol. The number of aromatic amines is 1. The van der Waals surface area contributed by atoms with Gasteiger partial charge in [0.15, 0.2) is 5.69 Å². The first kappa shape index (κ1) is 20.5. The largest absolute Gasteiger partial charge is 0.383 e. The lowest BCUT2D eigenvalue weighted by Gasteiger charge is -2.24. The van der Waals surface area contributed by atoms with Crippen molar-refractivity contribution in [2.75, 3.05) is 22.6 Å². The van der Waals surface area contributed by atoms with Crippen LogP contribution in [0.4, 0.5) is 11.5 Å². The predicted molar refractivity (Wildman–Crippen MR) is 117 cm³/mol. The van der Waals surface area contributed by atoms with E-state index in [1.54, 1.807) is 0 Å². The van der Waals surface area contributed by atoms with Crippen molar-refractivity contribution in [1.82, 2.24) is 9.55 Å². The van der Waals surface area contributed by atoms with Gasteiger partial charge in [-0.3, -0.25) is 24.0 Å². The molecule has 0 bridgehead atoms. The summed E-state index contributed by atoms with van der Waals surface area (Å²) in [6, 6.07) is 18.6. The Labute approximate surface area is 172 Å². The number of nitrogens with two attached hydrogens (primary N) is 1. The average Bonchev–Trinajstić information content (AvgIpc) is 2.72. The Kier molecular flexibility index (Phi) is 6.56. The first-order valence-electron chi connectivity index (χ1n) is 9.01. The van der Waals surface area contributed by atoms with Crippen LogP contribution < -0.4 is 21.9 Å². The Bertz CT molecular complexity index is 1090. The fourth-order valence-corrected chi connectivity index (χ4v) is 3.42. The van der Waals surface area contributed by atoms with Gasteiger partial charge in [-0.2, -0.15) is 11.8 Å². The number of carbonyl (C=O) groups excluding carboxylic acids is 1. The monoisotopic (exact) mass is 410 g/mol. The third-order valence-electron chi connectivity index (χ3n) is 4.42. The SMILES string of the molecule is CSCC(=O)N(Cc1ccccc1)c1c(N)n(Cc2ccccc2)c(=O)[nH]c1=O. The zero-order valence-corrected chi connectivity index (χ0v) is 16.8. The number of nitrogens with zero attached hydrogens (tertiary/aromatic N) is 2. The first-order valence-corrected chi connectivity index (χ1v) is 10.4. The summed E-state index contributed by atoms with van der Waals surface area (Å²) in [7, 11) is 0. The summed E-state index contributed by atoms with van der Waals surface area (Å²) in [4.78, 5) is 41.5. The van der Waals surface area contributed by atoms with Crippen LogP contribution in [0.5, 0.6) is 0 Å². The Morgan fingerprint density at radius 1 is 1.03 bits per heavy atom. The molecule has 0 aliphatic carbocycles. The molecule has 3 aromatic rings. The van der Waals surface area contributed by atoms with Crippen LogP contribution in [0, 0.1) is 0 Å². The van der Waals surface area contributed by atoms with E-state index in [0.717, 1.165) is 11.1 Å². The second-order valence-electron chi connectivity index (χ2n) is 6.46. The average molecular weight is 410 g/mol. The van der Waals surface area contributed by atoms with Gasteiger partial charge in [-0.15, -0.1) is 0 Å². The highest BCUT2D eigenvalue weighted by Crippen LogP contribution is 2.21. The molecule has 0 saturated carbocycles. The lowest BCUT2D eigenvalue weighted by molar-refractivity contribution is -0.116. The van der Waals surface area contributed by atoms with Crippen LogP contribution in [0.1, 0.15) is 11.1 Å². The second-order valence-corrected chi connectivity index (χ2v) is 7.33. The standard InChI is InChI=1S/C21H22N4O3S/c1-29-14-17(26)24(12-15-8-4-2-5-9-15)18-19(22)25(21(28)23-20(18)27)13-16-10-6-3-7-11-16/h2-11H,12-14,22H2,1H3,(H,23,27,28). The predicted octanol–water partition coefficient (Wildman–Crippen LogP) is 2.06. The molecule has 1 amide bonds. The summed E-state index contributed by atoms with van der Waals surface area (Å²) in [5, 5.41) is 0. The van der Waals surface area contributed by atoms with Crippen LogP contribution in [0.15, 0.2) is 70.3 Å². The van der Waals surface area contributed by atoms with Crippen LogP contribution in [0.25, 0.3) is 0 Å². The summed E-state index contributed by atoms with van der Waals surface area (Å²) in [6.07, 6.45) is 1.81. The van der Waals surface area contributed by atoms with Crippen LogP contribution in [0.2, 0.25) is 0 Å². The van der Waals surface area contributed by atoms with Crippen molar-refractivity contribution in [3.8, 4) is 0 Å². The molecule has 3 rings (SSSR count). The summed E-state index contributed by atoms with van der Waals surface area (Å²) in [5.74, 6) is -0.111. The van der Waals surface area contributed by atoms with Crippen molar-refractivity contribution >= 4 is 29.2 Å². The minimum absolute atomic E-state index is 0.0107. The first-order chi connectivity index (χ1) is 14.0. The molecule has 3 N–H and O–H groups in total. The van der Waals surface area contributed by atoms with Gasteiger partial charge in [0.05, 0.1) is 18.8 Å². The molecule has 0 atom stereocenters. The van der Waals surface area contributed by atoms with Gasteiger partial charge in [-0.05, 0) is 17.4 Å². The molecule has 29 heavy (non-hydrogen) atoms. The van der Waals surface area contributed by atoms with Gasteiger partial charge in [0.25, 0.3) is 5.56 Å². The molecule has 8 heteroatoms. The number of H-pyrrole nitrogens is 1. The van der Waals surface area contributed by atoms with Gasteiger partial charge >= 0.3 is 5.69 Å². The molecule has 0 fully saturated rings. The van der Waals surface area contributed by atoms with Gasteiger partial charge < -0.3 is 5.73 Å². The summed E-state index contributed by atoms with van der Waals surface area (Å²) in [6.45, 7) is 0.363. The zero-order valence-electron chi connectivity index (χ0n) is 16.0. The maximum Gasteiger partial charge on any atom is 0.330 e. The maximum atomic E-state index is 12.8. The number of anilines is 2. The highest BCUT2D eigenvalue weighted by atomic mass is 32.2. The van der Waals surface area contributed by atoms with E-state index in [1.807, 2.05) is 66.9 Å². The van der Waals surface area contributed by atoms with Crippen molar-refractivity contribution in [1.29, 1.82) is 0 Å². The van der Waals surface area contributed by atoms with Crippen molar-refractivity contribution < 1.29 is 4.79 Å². The van der Waals surface area contributed by atoms with Gasteiger partial charge in [0.1, 0.15) is 5.82 Å². The highest BCUT2D eigenvalue weighted by molar-refractivity contribution is 7.99. The molecular formula is C21H22N4O3S. The van der Waals surface area contributed by atoms with Gasteiger partial charge in [0.2, 0.25) is 5.91 Å². The number of rotatable bonds is 7. The van der Waals surface area contributed by atoms with Gasteiger partial charge in [-0.1, -0.05) is 60.7 Å². The Morgan fingerprint density at radius 3 is 2.21 bits per heavy atom. The van der Waals surface area contributed by atoms with Crippen molar-refractivity contribution in [2.45, 2.75) is 13.1 Å². The second kappa shape index (κ2) is 9.29. The fraction of sp³-hybridized carbons (Fsp3) is 0.190. The fourth-order valence-electron chi connectivity index (χ4n) is 3.02. The summed E-state index contributed by atoms with van der Waals surface area (Å²) >= 11 is 1.35. The smallest absolute Gasteiger partial charge is 0.330 e. The lowest BCUT2D eigenvalue weighted by Crippen LogP contribution is -2.41. The van der Waals surface area contributed by atoms with E-state index < -0.39 is 11.2 Å². The maximum absolute atomic E-state index is 12.8. The molecule has 0 radical (unpaired) electrons. The summed E-state index contributed by atoms with van der Waals surface area (Å²) in [5.41, 5.74) is 6.66. The van der Waals surface area contributed by atoms with E-state index in [0.29, 0.717) is 0 Å². The quantitative estimate of drug-likeness (QED) is 0.621. The Balaban J connectivity index is 2.09. The third-order valence-corrected chi connectivity index (χ3v) is 4.96. The van der Waals surface area contributed by atoms with Gasteiger partial charge in [0, 0.05) is 0 Å². The van der Waals surface area contributed by atoms with Gasteiger partial charge in [-0.25, -0.2) is 4.79 Å². The number of carbonyl (C=O) groups is 1. The number of aromatic nitrogens is 2. The van der Waals surface area contributed by atoms with E-state index in [9.17, 15) is 14.4 Å². The number of amides is 1. The third kappa shape index (κ3) is 4.78. The summed E-state index contributed by atoms with van der Waals surface area (Å²) < 4.78 is 1.27. The van der Waals surface area contributed by atoms with Crippen LogP contribution >= 0.6 is 11.8 Å². The van der Waals surface area contributed by atoms with Crippen LogP contribution in [0.3, 0.4) is 0 Å². The number of nitrogen functional groups attached to an aromatic ring is 1. The van der Waals surface area contributed by atoms with Crippen molar-refractivity contribution in [3.05, 3.63) is 92.6 Å². The minimum atomic E-state index is -0.679. The zero-order chi connectivity index (χ0) is 20.8. The Morgan fingerprint density at radius 2 is 1.62 bits per heavy atom. The number of hydrogen-bond acceptors (Lipinski definition) is 5. The topological polar surface area (TPSA) is 101 Å². The van der Waals surface area contributed by atoms with Crippen molar-refractivity contribution in [3.63, 3.8) is 0 Å². The normalized spacial score (nSPS) is 10.7. The minimum Gasteiger partial charge on any atom is -0.383 e. The lowest BCUT2D eigenvalue weighted by atomic mass is 10.2. The molecule has 2 aromatic carbocycles.